The van der Waals surface area contributed by atoms with Crippen LogP contribution in [0.1, 0.15) is 44.4 Å². The summed E-state index contributed by atoms with van der Waals surface area (Å²) in [5.74, 6) is -2.87. The van der Waals surface area contributed by atoms with Gasteiger partial charge in [-0.25, -0.2) is 0 Å². The maximum absolute atomic E-state index is 13.2. The van der Waals surface area contributed by atoms with Crippen molar-refractivity contribution in [1.82, 2.24) is 0 Å². The smallest absolute Gasteiger partial charge is 0.171 e. The molecule has 0 fully saturated rings. The minimum Gasteiger partial charge on any atom is -0.508 e. The zero-order chi connectivity index (χ0) is 20.2. The number of hydrogen-bond acceptors (Lipinski definition) is 6. The molecule has 3 aromatic carbocycles. The van der Waals surface area contributed by atoms with Crippen molar-refractivity contribution in [1.29, 1.82) is 0 Å². The molecular formula is C22H18O6. The Morgan fingerprint density at radius 2 is 1.39 bits per heavy atom. The first-order chi connectivity index (χ1) is 13.3. The predicted octanol–water partition coefficient (Wildman–Crippen LogP) is 3.64. The summed E-state index contributed by atoms with van der Waals surface area (Å²) in [5, 5.41) is 50.0. The molecule has 2 atom stereocenters. The first-order valence-corrected chi connectivity index (χ1v) is 8.68. The summed E-state index contributed by atoms with van der Waals surface area (Å²) in [6.45, 7) is 1.79. The SMILES string of the molecule is Cc1cc(O)cc([C@@H]2C(=O)c3cc(O)cc(O)c3[C@H]2c2ccc(O)c(O)c2)c1. The molecule has 1 aliphatic rings. The Labute approximate surface area is 160 Å². The monoisotopic (exact) mass is 378 g/mol. The number of hydrogen-bond donors (Lipinski definition) is 5. The van der Waals surface area contributed by atoms with E-state index in [0.717, 1.165) is 11.6 Å². The number of aryl methyl sites for hydroxylation is 1. The first kappa shape index (κ1) is 17.7. The largest absolute Gasteiger partial charge is 0.508 e. The number of aromatic hydroxyl groups is 5. The van der Waals surface area contributed by atoms with Crippen molar-refractivity contribution < 1.29 is 30.3 Å². The van der Waals surface area contributed by atoms with Gasteiger partial charge >= 0.3 is 0 Å². The summed E-state index contributed by atoms with van der Waals surface area (Å²) in [6.07, 6.45) is 0. The van der Waals surface area contributed by atoms with E-state index in [0.29, 0.717) is 16.7 Å². The fraction of sp³-hybridized carbons (Fsp3) is 0.136. The standard InChI is InChI=1S/C22H18O6/c1-10-4-12(6-13(23)5-10)20-19(11-2-3-16(25)17(26)7-11)21-15(22(20)28)8-14(24)9-18(21)27/h2-9,19-20,23-27H,1H3/t19-,20-/m0/s1. The third-order valence-corrected chi connectivity index (χ3v) is 5.14. The number of carbonyl (C=O) groups excluding carboxylic acids is 1. The first-order valence-electron chi connectivity index (χ1n) is 8.68. The van der Waals surface area contributed by atoms with Crippen molar-refractivity contribution in [2.75, 3.05) is 0 Å². The highest BCUT2D eigenvalue weighted by molar-refractivity contribution is 6.08. The zero-order valence-corrected chi connectivity index (χ0v) is 14.9. The number of carbonyl (C=O) groups is 1. The Morgan fingerprint density at radius 3 is 2.07 bits per heavy atom. The third-order valence-electron chi connectivity index (χ3n) is 5.14. The molecule has 5 N–H and O–H groups in total. The van der Waals surface area contributed by atoms with E-state index in [9.17, 15) is 30.3 Å². The highest BCUT2D eigenvalue weighted by Crippen LogP contribution is 2.53. The second-order valence-corrected chi connectivity index (χ2v) is 7.10. The van der Waals surface area contributed by atoms with E-state index in [-0.39, 0.29) is 40.1 Å². The molecule has 1 aliphatic carbocycles. The Hall–Kier alpha value is -3.67. The molecule has 0 bridgehead atoms. The fourth-order valence-electron chi connectivity index (χ4n) is 4.05. The molecule has 0 saturated carbocycles. The Bertz CT molecular complexity index is 1100. The van der Waals surface area contributed by atoms with Crippen molar-refractivity contribution in [3.63, 3.8) is 0 Å². The molecule has 3 aromatic rings. The molecule has 28 heavy (non-hydrogen) atoms. The second kappa shape index (κ2) is 6.20. The van der Waals surface area contributed by atoms with Crippen LogP contribution in [0.25, 0.3) is 0 Å². The number of phenolic OH excluding ortho intramolecular Hbond substituents is 5. The van der Waals surface area contributed by atoms with Crippen LogP contribution in [0, 0.1) is 6.92 Å². The fourth-order valence-corrected chi connectivity index (χ4v) is 4.05. The third kappa shape index (κ3) is 2.70. The van der Waals surface area contributed by atoms with E-state index in [1.54, 1.807) is 25.1 Å². The van der Waals surface area contributed by atoms with E-state index >= 15 is 0 Å². The average Bonchev–Trinajstić information content (AvgIpc) is 2.89. The van der Waals surface area contributed by atoms with Crippen LogP contribution >= 0.6 is 0 Å². The zero-order valence-electron chi connectivity index (χ0n) is 14.9. The molecular weight excluding hydrogens is 360 g/mol. The molecule has 0 heterocycles. The number of phenols is 5. The summed E-state index contributed by atoms with van der Waals surface area (Å²) in [6, 6.07) is 11.5. The van der Waals surface area contributed by atoms with E-state index in [2.05, 4.69) is 0 Å². The van der Waals surface area contributed by atoms with Gasteiger partial charge in [0.15, 0.2) is 17.3 Å². The van der Waals surface area contributed by atoms with Crippen LogP contribution in [0.3, 0.4) is 0 Å². The molecule has 0 radical (unpaired) electrons. The van der Waals surface area contributed by atoms with Gasteiger partial charge in [0.1, 0.15) is 17.2 Å². The molecule has 0 saturated heterocycles. The number of benzene rings is 3. The van der Waals surface area contributed by atoms with Crippen molar-refractivity contribution in [3.05, 3.63) is 76.3 Å². The molecule has 0 aromatic heterocycles. The molecule has 0 aliphatic heterocycles. The maximum Gasteiger partial charge on any atom is 0.171 e. The van der Waals surface area contributed by atoms with Gasteiger partial charge in [0, 0.05) is 23.1 Å². The van der Waals surface area contributed by atoms with Crippen LogP contribution in [0.4, 0.5) is 0 Å². The van der Waals surface area contributed by atoms with E-state index in [1.807, 2.05) is 0 Å². The molecule has 6 heteroatoms. The van der Waals surface area contributed by atoms with Crippen LogP contribution in [-0.4, -0.2) is 31.3 Å². The Morgan fingerprint density at radius 1 is 0.679 bits per heavy atom. The second-order valence-electron chi connectivity index (χ2n) is 7.10. The summed E-state index contributed by atoms with van der Waals surface area (Å²) >= 11 is 0. The molecule has 0 unspecified atom stereocenters. The van der Waals surface area contributed by atoms with Crippen LogP contribution in [-0.2, 0) is 0 Å². The molecule has 6 nitrogen and oxygen atoms in total. The number of fused-ring (bicyclic) bond motifs is 1. The Balaban J connectivity index is 1.99. The minimum absolute atomic E-state index is 0.0122. The summed E-state index contributed by atoms with van der Waals surface area (Å²) in [5.41, 5.74) is 2.34. The predicted molar refractivity (Wildman–Crippen MR) is 101 cm³/mol. The van der Waals surface area contributed by atoms with E-state index in [1.165, 1.54) is 24.3 Å². The van der Waals surface area contributed by atoms with Gasteiger partial charge < -0.3 is 25.5 Å². The summed E-state index contributed by atoms with van der Waals surface area (Å²) < 4.78 is 0. The Kier molecular flexibility index (Phi) is 3.92. The topological polar surface area (TPSA) is 118 Å². The van der Waals surface area contributed by atoms with Gasteiger partial charge in [-0.2, -0.15) is 0 Å². The van der Waals surface area contributed by atoms with Crippen molar-refractivity contribution in [2.45, 2.75) is 18.8 Å². The van der Waals surface area contributed by atoms with Crippen molar-refractivity contribution >= 4 is 5.78 Å². The maximum atomic E-state index is 13.2. The highest BCUT2D eigenvalue weighted by atomic mass is 16.3. The highest BCUT2D eigenvalue weighted by Gasteiger charge is 2.44. The average molecular weight is 378 g/mol. The molecule has 142 valence electrons. The van der Waals surface area contributed by atoms with Gasteiger partial charge in [-0.1, -0.05) is 12.1 Å². The lowest BCUT2D eigenvalue weighted by molar-refractivity contribution is 0.0968. The normalized spacial score (nSPS) is 18.2. The lowest BCUT2D eigenvalue weighted by atomic mass is 9.80. The lowest BCUT2D eigenvalue weighted by Gasteiger charge is -2.22. The van der Waals surface area contributed by atoms with Crippen LogP contribution < -0.4 is 0 Å². The molecule has 0 amide bonds. The van der Waals surface area contributed by atoms with Crippen molar-refractivity contribution in [3.8, 4) is 28.7 Å². The minimum atomic E-state index is -0.780. The van der Waals surface area contributed by atoms with E-state index in [4.69, 9.17) is 0 Å². The van der Waals surface area contributed by atoms with Gasteiger partial charge in [-0.3, -0.25) is 4.79 Å². The van der Waals surface area contributed by atoms with Crippen LogP contribution in [0.2, 0.25) is 0 Å². The lowest BCUT2D eigenvalue weighted by Crippen LogP contribution is -2.13. The van der Waals surface area contributed by atoms with Gasteiger partial charge in [-0.15, -0.1) is 0 Å². The van der Waals surface area contributed by atoms with Gasteiger partial charge in [0.25, 0.3) is 0 Å². The summed E-state index contributed by atoms with van der Waals surface area (Å²) in [4.78, 5) is 13.2. The molecule has 0 spiro atoms. The quantitative estimate of drug-likeness (QED) is 0.435. The number of rotatable bonds is 2. The van der Waals surface area contributed by atoms with Gasteiger partial charge in [0.05, 0.1) is 5.92 Å². The van der Waals surface area contributed by atoms with Gasteiger partial charge in [0.2, 0.25) is 0 Å². The van der Waals surface area contributed by atoms with Gasteiger partial charge in [-0.05, 0) is 53.9 Å². The van der Waals surface area contributed by atoms with E-state index < -0.39 is 11.8 Å². The van der Waals surface area contributed by atoms with Crippen LogP contribution in [0.15, 0.2) is 48.5 Å². The summed E-state index contributed by atoms with van der Waals surface area (Å²) in [7, 11) is 0. The number of ketones is 1. The van der Waals surface area contributed by atoms with Crippen molar-refractivity contribution in [2.24, 2.45) is 0 Å². The number of Topliss-reactive ketones (excluding diaryl/α,β-unsaturated/α-hetero) is 1. The molecule has 4 rings (SSSR count). The van der Waals surface area contributed by atoms with Crippen LogP contribution in [0.5, 0.6) is 28.7 Å².